The van der Waals surface area contributed by atoms with Crippen molar-refractivity contribution in [3.05, 3.63) is 28.7 Å². The normalized spacial score (nSPS) is 25.6. The van der Waals surface area contributed by atoms with Gasteiger partial charge in [0, 0.05) is 51.1 Å². The molecule has 0 spiro atoms. The summed E-state index contributed by atoms with van der Waals surface area (Å²) in [7, 11) is -1.22. The van der Waals surface area contributed by atoms with Gasteiger partial charge in [-0.05, 0) is 24.1 Å². The third-order valence-electron chi connectivity index (χ3n) is 6.16. The molecule has 3 aliphatic carbocycles. The highest BCUT2D eigenvalue weighted by Gasteiger charge is 2.70. The van der Waals surface area contributed by atoms with Gasteiger partial charge in [-0.15, -0.1) is 0 Å². The monoisotopic (exact) mass is 437 g/mol. The molecule has 3 aliphatic rings. The molecule has 1 N–H and O–H groups in total. The van der Waals surface area contributed by atoms with Gasteiger partial charge in [-0.1, -0.05) is 38.2 Å². The van der Waals surface area contributed by atoms with Crippen molar-refractivity contribution < 1.29 is 13.9 Å². The maximum atomic E-state index is 13.9. The van der Waals surface area contributed by atoms with Crippen molar-refractivity contribution in [2.45, 2.75) is 76.2 Å². The Morgan fingerprint density at radius 1 is 1.38 bits per heavy atom. The molecule has 0 aromatic carbocycles. The fraction of sp³-hybridized carbons (Fsp3) is 0.619. The number of amides is 1. The molecule has 0 atom stereocenters. The summed E-state index contributed by atoms with van der Waals surface area (Å²) in [6, 6.07) is 2.94. The summed E-state index contributed by atoms with van der Waals surface area (Å²) >= 11 is 6.43. The number of aromatic nitrogens is 2. The quantitative estimate of drug-likeness (QED) is 0.361. The van der Waals surface area contributed by atoms with E-state index in [-0.39, 0.29) is 18.2 Å². The van der Waals surface area contributed by atoms with E-state index in [1.54, 1.807) is 6.20 Å². The molecule has 5 rings (SSSR count). The van der Waals surface area contributed by atoms with Crippen LogP contribution in [0.5, 0.6) is 0 Å². The number of pyridine rings is 1. The SMILES string of the molecule is CCc1c(C(=O)NC23CC(F)(C2)C3)n(COCC[Si](C)(C)C)c2c(Cl)nccc12. The summed E-state index contributed by atoms with van der Waals surface area (Å²) in [6.07, 6.45) is 3.60. The predicted molar refractivity (Wildman–Crippen MR) is 116 cm³/mol. The molecule has 158 valence electrons. The van der Waals surface area contributed by atoms with E-state index >= 15 is 0 Å². The molecule has 8 heteroatoms. The molecule has 29 heavy (non-hydrogen) atoms. The predicted octanol–water partition coefficient (Wildman–Crippen LogP) is 4.94. The molecular weight excluding hydrogens is 409 g/mol. The van der Waals surface area contributed by atoms with Crippen molar-refractivity contribution >= 4 is 36.5 Å². The zero-order valence-corrected chi connectivity index (χ0v) is 19.3. The first-order chi connectivity index (χ1) is 13.6. The standard InChI is InChI=1S/C21H29ClFN3O2Si/c1-5-14-15-6-7-24-18(22)16(15)26(13-28-8-9-29(2,3)4)17(14)19(27)25-21-10-20(23,11-21)12-21/h6-7H,5,8-13H2,1-4H3,(H,25,27). The number of alkyl halides is 1. The summed E-state index contributed by atoms with van der Waals surface area (Å²) in [5, 5.41) is 4.38. The first-order valence-electron chi connectivity index (χ1n) is 10.3. The maximum Gasteiger partial charge on any atom is 0.268 e. The Labute approximate surface area is 177 Å². The number of halogens is 2. The lowest BCUT2D eigenvalue weighted by Crippen LogP contribution is -2.76. The molecule has 3 saturated carbocycles. The van der Waals surface area contributed by atoms with Gasteiger partial charge in [-0.3, -0.25) is 4.79 Å². The molecule has 0 unspecified atom stereocenters. The van der Waals surface area contributed by atoms with Crippen LogP contribution < -0.4 is 5.32 Å². The number of nitrogens with one attached hydrogen (secondary N) is 1. The first-order valence-corrected chi connectivity index (χ1v) is 14.4. The van der Waals surface area contributed by atoms with Crippen molar-refractivity contribution in [1.82, 2.24) is 14.9 Å². The Balaban J connectivity index is 1.65. The van der Waals surface area contributed by atoms with E-state index in [1.165, 1.54) is 0 Å². The van der Waals surface area contributed by atoms with Gasteiger partial charge >= 0.3 is 0 Å². The van der Waals surface area contributed by atoms with E-state index in [0.717, 1.165) is 22.5 Å². The third kappa shape index (κ3) is 3.73. The van der Waals surface area contributed by atoms with Gasteiger partial charge < -0.3 is 14.6 Å². The Hall–Kier alpha value is -1.44. The molecule has 2 bridgehead atoms. The van der Waals surface area contributed by atoms with Gasteiger partial charge in [0.15, 0.2) is 5.15 Å². The number of rotatable bonds is 8. The summed E-state index contributed by atoms with van der Waals surface area (Å²) in [4.78, 5) is 17.5. The molecule has 2 aromatic rings. The van der Waals surface area contributed by atoms with Crippen LogP contribution in [0.1, 0.15) is 42.2 Å². The Bertz CT molecular complexity index is 949. The van der Waals surface area contributed by atoms with Crippen LogP contribution in [0.3, 0.4) is 0 Å². The number of aryl methyl sites for hydroxylation is 1. The molecule has 0 radical (unpaired) electrons. The molecule has 5 nitrogen and oxygen atoms in total. The van der Waals surface area contributed by atoms with Crippen LogP contribution in [0.25, 0.3) is 10.9 Å². The minimum atomic E-state index is -1.22. The second-order valence-electron chi connectivity index (χ2n) is 9.87. The summed E-state index contributed by atoms with van der Waals surface area (Å²) in [5.74, 6) is -0.176. The molecular formula is C21H29ClFN3O2Si. The molecule has 3 fully saturated rings. The number of carbonyl (C=O) groups excluding carboxylic acids is 1. The van der Waals surface area contributed by atoms with E-state index in [0.29, 0.717) is 43.1 Å². The lowest BCUT2D eigenvalue weighted by Gasteiger charge is -2.65. The molecule has 2 heterocycles. The van der Waals surface area contributed by atoms with Gasteiger partial charge in [-0.25, -0.2) is 9.37 Å². The van der Waals surface area contributed by atoms with Crippen molar-refractivity contribution in [1.29, 1.82) is 0 Å². The topological polar surface area (TPSA) is 56.2 Å². The highest BCUT2D eigenvalue weighted by molar-refractivity contribution is 6.76. The van der Waals surface area contributed by atoms with Crippen molar-refractivity contribution in [3.63, 3.8) is 0 Å². The fourth-order valence-corrected chi connectivity index (χ4v) is 5.73. The Morgan fingerprint density at radius 2 is 2.07 bits per heavy atom. The fourth-order valence-electron chi connectivity index (χ4n) is 4.71. The smallest absolute Gasteiger partial charge is 0.268 e. The second-order valence-corrected chi connectivity index (χ2v) is 15.8. The number of fused-ring (bicyclic) bond motifs is 1. The Kier molecular flexibility index (Phi) is 5.07. The zero-order chi connectivity index (χ0) is 21.0. The average molecular weight is 438 g/mol. The van der Waals surface area contributed by atoms with E-state index in [4.69, 9.17) is 16.3 Å². The van der Waals surface area contributed by atoms with Crippen molar-refractivity contribution in [2.24, 2.45) is 0 Å². The molecule has 1 amide bonds. The number of nitrogens with zero attached hydrogens (tertiary/aromatic N) is 2. The van der Waals surface area contributed by atoms with Crippen LogP contribution in [0.2, 0.25) is 30.8 Å². The number of carbonyl (C=O) groups is 1. The van der Waals surface area contributed by atoms with Crippen LogP contribution >= 0.6 is 11.6 Å². The maximum absolute atomic E-state index is 13.9. The van der Waals surface area contributed by atoms with Crippen LogP contribution in [0.4, 0.5) is 4.39 Å². The number of hydrogen-bond acceptors (Lipinski definition) is 3. The zero-order valence-electron chi connectivity index (χ0n) is 17.6. The number of hydrogen-bond donors (Lipinski definition) is 1. The number of ether oxygens (including phenoxy) is 1. The molecule has 0 aliphatic heterocycles. The van der Waals surface area contributed by atoms with Gasteiger partial charge in [-0.2, -0.15) is 0 Å². The van der Waals surface area contributed by atoms with Crippen molar-refractivity contribution in [2.75, 3.05) is 6.61 Å². The van der Waals surface area contributed by atoms with Gasteiger partial charge in [0.2, 0.25) is 0 Å². The molecule has 0 saturated heterocycles. The largest absolute Gasteiger partial charge is 0.361 e. The third-order valence-corrected chi connectivity index (χ3v) is 8.14. The van der Waals surface area contributed by atoms with Crippen LogP contribution in [-0.2, 0) is 17.9 Å². The minimum absolute atomic E-state index is 0.176. The van der Waals surface area contributed by atoms with Crippen molar-refractivity contribution in [3.8, 4) is 0 Å². The minimum Gasteiger partial charge on any atom is -0.361 e. The first kappa shape index (κ1) is 20.8. The average Bonchev–Trinajstić information content (AvgIpc) is 2.90. The van der Waals surface area contributed by atoms with E-state index < -0.39 is 13.7 Å². The summed E-state index contributed by atoms with van der Waals surface area (Å²) in [6.45, 7) is 9.82. The van der Waals surface area contributed by atoms with E-state index in [9.17, 15) is 9.18 Å². The van der Waals surface area contributed by atoms with Gasteiger partial charge in [0.25, 0.3) is 5.91 Å². The highest BCUT2D eigenvalue weighted by atomic mass is 35.5. The lowest BCUT2D eigenvalue weighted by atomic mass is 9.47. The molecule has 2 aromatic heterocycles. The van der Waals surface area contributed by atoms with Gasteiger partial charge in [0.05, 0.1) is 5.52 Å². The summed E-state index contributed by atoms with van der Waals surface area (Å²) in [5.41, 5.74) is 0.781. The summed E-state index contributed by atoms with van der Waals surface area (Å²) < 4.78 is 21.7. The van der Waals surface area contributed by atoms with E-state index in [1.807, 2.05) is 17.6 Å². The second kappa shape index (κ2) is 7.06. The van der Waals surface area contributed by atoms with Gasteiger partial charge in [0.1, 0.15) is 18.1 Å². The van der Waals surface area contributed by atoms with E-state index in [2.05, 4.69) is 29.9 Å². The highest BCUT2D eigenvalue weighted by Crippen LogP contribution is 2.63. The Morgan fingerprint density at radius 3 is 2.66 bits per heavy atom. The van der Waals surface area contributed by atoms with Crippen LogP contribution in [0, 0.1) is 0 Å². The lowest BCUT2D eigenvalue weighted by molar-refractivity contribution is -0.162. The van der Waals surface area contributed by atoms with Crippen LogP contribution in [0.15, 0.2) is 12.3 Å². The van der Waals surface area contributed by atoms with Crippen LogP contribution in [-0.4, -0.2) is 41.3 Å².